The highest BCUT2D eigenvalue weighted by atomic mass is 35.5. The van der Waals surface area contributed by atoms with Gasteiger partial charge in [0, 0.05) is 0 Å². The molecule has 3 nitrogen and oxygen atoms in total. The maximum absolute atomic E-state index is 11.4. The van der Waals surface area contributed by atoms with Crippen molar-refractivity contribution in [1.82, 2.24) is 0 Å². The highest BCUT2D eigenvalue weighted by molar-refractivity contribution is 6.33. The molecule has 0 aliphatic heterocycles. The number of hydrogen-bond acceptors (Lipinski definition) is 3. The van der Waals surface area contributed by atoms with Crippen LogP contribution in [0.4, 0.5) is 5.69 Å². The number of benzene rings is 1. The maximum atomic E-state index is 11.4. The average molecular weight is 250 g/mol. The quantitative estimate of drug-likeness (QED) is 0.648. The third-order valence-corrected chi connectivity index (χ3v) is 1.91. The summed E-state index contributed by atoms with van der Waals surface area (Å²) >= 11 is 5.76. The first kappa shape index (κ1) is 14.1. The number of anilines is 1. The SMILES string of the molecule is CC(C)OC(=O)c1ccc(N)c(Cl)c1.Cl. The van der Waals surface area contributed by atoms with Crippen LogP contribution in [0.1, 0.15) is 24.2 Å². The van der Waals surface area contributed by atoms with Crippen LogP contribution in [0, 0.1) is 0 Å². The second-order valence-corrected chi connectivity index (χ2v) is 3.60. The van der Waals surface area contributed by atoms with Crippen LogP contribution in [0.25, 0.3) is 0 Å². The van der Waals surface area contributed by atoms with Gasteiger partial charge in [-0.1, -0.05) is 11.6 Å². The molecule has 0 atom stereocenters. The molecule has 0 aliphatic carbocycles. The van der Waals surface area contributed by atoms with Crippen LogP contribution >= 0.6 is 24.0 Å². The first-order chi connectivity index (χ1) is 6.50. The number of ether oxygens (including phenoxy) is 1. The lowest BCUT2D eigenvalue weighted by atomic mass is 10.2. The molecule has 0 aromatic heterocycles. The Morgan fingerprint density at radius 1 is 1.47 bits per heavy atom. The largest absolute Gasteiger partial charge is 0.459 e. The van der Waals surface area contributed by atoms with Gasteiger partial charge >= 0.3 is 5.97 Å². The lowest BCUT2D eigenvalue weighted by Crippen LogP contribution is -2.11. The van der Waals surface area contributed by atoms with Crippen LogP contribution in [0.15, 0.2) is 18.2 Å². The minimum Gasteiger partial charge on any atom is -0.459 e. The number of esters is 1. The maximum Gasteiger partial charge on any atom is 0.338 e. The van der Waals surface area contributed by atoms with Gasteiger partial charge in [-0.25, -0.2) is 4.79 Å². The van der Waals surface area contributed by atoms with Crippen LogP contribution in [-0.2, 0) is 4.74 Å². The molecule has 15 heavy (non-hydrogen) atoms. The van der Waals surface area contributed by atoms with Gasteiger partial charge in [0.15, 0.2) is 0 Å². The molecule has 0 saturated heterocycles. The van der Waals surface area contributed by atoms with E-state index in [9.17, 15) is 4.79 Å². The second kappa shape index (κ2) is 5.83. The fourth-order valence-electron chi connectivity index (χ4n) is 0.936. The van der Waals surface area contributed by atoms with Gasteiger partial charge in [-0.05, 0) is 32.0 Å². The summed E-state index contributed by atoms with van der Waals surface area (Å²) in [6.07, 6.45) is -0.140. The molecule has 0 radical (unpaired) electrons. The van der Waals surface area contributed by atoms with E-state index in [4.69, 9.17) is 22.1 Å². The van der Waals surface area contributed by atoms with E-state index < -0.39 is 0 Å². The van der Waals surface area contributed by atoms with E-state index in [1.165, 1.54) is 6.07 Å². The van der Waals surface area contributed by atoms with Crippen molar-refractivity contribution in [3.05, 3.63) is 28.8 Å². The molecule has 0 bridgehead atoms. The second-order valence-electron chi connectivity index (χ2n) is 3.19. The zero-order valence-electron chi connectivity index (χ0n) is 8.49. The lowest BCUT2D eigenvalue weighted by molar-refractivity contribution is 0.0378. The molecular formula is C10H13Cl2NO2. The molecule has 0 heterocycles. The Morgan fingerprint density at radius 2 is 2.07 bits per heavy atom. The molecule has 0 saturated carbocycles. The van der Waals surface area contributed by atoms with E-state index in [0.717, 1.165) is 0 Å². The molecule has 1 aromatic carbocycles. The number of rotatable bonds is 2. The summed E-state index contributed by atoms with van der Waals surface area (Å²) in [5.74, 6) is -0.387. The van der Waals surface area contributed by atoms with Crippen LogP contribution < -0.4 is 5.73 Å². The number of halogens is 2. The number of carbonyl (C=O) groups is 1. The Labute approximate surface area is 100.0 Å². The zero-order chi connectivity index (χ0) is 10.7. The van der Waals surface area contributed by atoms with E-state index in [0.29, 0.717) is 16.3 Å². The van der Waals surface area contributed by atoms with Gasteiger partial charge in [-0.15, -0.1) is 12.4 Å². The van der Waals surface area contributed by atoms with Crippen molar-refractivity contribution in [3.63, 3.8) is 0 Å². The highest BCUT2D eigenvalue weighted by Crippen LogP contribution is 2.20. The molecule has 2 N–H and O–H groups in total. The number of carbonyl (C=O) groups excluding carboxylic acids is 1. The van der Waals surface area contributed by atoms with Crippen LogP contribution in [-0.4, -0.2) is 12.1 Å². The van der Waals surface area contributed by atoms with Crippen molar-refractivity contribution >= 4 is 35.7 Å². The summed E-state index contributed by atoms with van der Waals surface area (Å²) in [4.78, 5) is 11.4. The predicted molar refractivity (Wildman–Crippen MR) is 63.7 cm³/mol. The van der Waals surface area contributed by atoms with Gasteiger partial charge in [0.2, 0.25) is 0 Å². The average Bonchev–Trinajstić information content (AvgIpc) is 2.08. The standard InChI is InChI=1S/C10H12ClNO2.ClH/c1-6(2)14-10(13)7-3-4-9(12)8(11)5-7;/h3-6H,12H2,1-2H3;1H. The van der Waals surface area contributed by atoms with Gasteiger partial charge in [-0.2, -0.15) is 0 Å². The van der Waals surface area contributed by atoms with Crippen molar-refractivity contribution in [2.24, 2.45) is 0 Å². The summed E-state index contributed by atoms with van der Waals surface area (Å²) < 4.78 is 4.99. The van der Waals surface area contributed by atoms with Crippen molar-refractivity contribution in [2.45, 2.75) is 20.0 Å². The first-order valence-electron chi connectivity index (χ1n) is 4.26. The summed E-state index contributed by atoms with van der Waals surface area (Å²) in [5.41, 5.74) is 6.37. The molecule has 0 aliphatic rings. The minimum atomic E-state index is -0.387. The highest BCUT2D eigenvalue weighted by Gasteiger charge is 2.10. The molecule has 1 aromatic rings. The van der Waals surface area contributed by atoms with Crippen LogP contribution in [0.5, 0.6) is 0 Å². The normalized spacial score (nSPS) is 9.60. The number of hydrogen-bond donors (Lipinski definition) is 1. The van der Waals surface area contributed by atoms with E-state index in [-0.39, 0.29) is 24.5 Å². The monoisotopic (exact) mass is 249 g/mol. The number of nitrogens with two attached hydrogens (primary N) is 1. The molecule has 0 spiro atoms. The summed E-state index contributed by atoms with van der Waals surface area (Å²) in [7, 11) is 0. The molecule has 0 amide bonds. The molecule has 0 fully saturated rings. The smallest absolute Gasteiger partial charge is 0.338 e. The van der Waals surface area contributed by atoms with Crippen LogP contribution in [0.2, 0.25) is 5.02 Å². The molecular weight excluding hydrogens is 237 g/mol. The van der Waals surface area contributed by atoms with Gasteiger partial charge in [0.25, 0.3) is 0 Å². The first-order valence-corrected chi connectivity index (χ1v) is 4.64. The van der Waals surface area contributed by atoms with E-state index in [1.54, 1.807) is 26.0 Å². The van der Waals surface area contributed by atoms with Gasteiger partial charge in [0.05, 0.1) is 22.4 Å². The summed E-state index contributed by atoms with van der Waals surface area (Å²) in [6, 6.07) is 4.67. The number of nitrogen functional groups attached to an aromatic ring is 1. The summed E-state index contributed by atoms with van der Waals surface area (Å²) in [6.45, 7) is 3.58. The van der Waals surface area contributed by atoms with E-state index in [2.05, 4.69) is 0 Å². The Hall–Kier alpha value is -0.930. The fraction of sp³-hybridized carbons (Fsp3) is 0.300. The van der Waals surface area contributed by atoms with Crippen LogP contribution in [0.3, 0.4) is 0 Å². The minimum absolute atomic E-state index is 0. The van der Waals surface area contributed by atoms with Gasteiger partial charge in [-0.3, -0.25) is 0 Å². The van der Waals surface area contributed by atoms with E-state index in [1.807, 2.05) is 0 Å². The van der Waals surface area contributed by atoms with Crippen molar-refractivity contribution in [3.8, 4) is 0 Å². The van der Waals surface area contributed by atoms with Gasteiger partial charge in [0.1, 0.15) is 0 Å². The Kier molecular flexibility index (Phi) is 5.47. The molecule has 0 unspecified atom stereocenters. The van der Waals surface area contributed by atoms with Gasteiger partial charge < -0.3 is 10.5 Å². The molecule has 5 heteroatoms. The Balaban J connectivity index is 0.00000196. The fourth-order valence-corrected chi connectivity index (χ4v) is 1.12. The Morgan fingerprint density at radius 3 is 2.53 bits per heavy atom. The third kappa shape index (κ3) is 3.98. The topological polar surface area (TPSA) is 52.3 Å². The van der Waals surface area contributed by atoms with E-state index >= 15 is 0 Å². The Bertz CT molecular complexity index is 353. The van der Waals surface area contributed by atoms with Crippen molar-refractivity contribution < 1.29 is 9.53 Å². The lowest BCUT2D eigenvalue weighted by Gasteiger charge is -2.08. The molecule has 1 rings (SSSR count). The third-order valence-electron chi connectivity index (χ3n) is 1.58. The predicted octanol–water partition coefficient (Wildman–Crippen LogP) is 2.91. The zero-order valence-corrected chi connectivity index (χ0v) is 10.1. The summed E-state index contributed by atoms with van der Waals surface area (Å²) in [5, 5.41) is 0.364. The molecule has 84 valence electrons. The van der Waals surface area contributed by atoms with Crippen molar-refractivity contribution in [1.29, 1.82) is 0 Å². The van der Waals surface area contributed by atoms with Crippen molar-refractivity contribution in [2.75, 3.05) is 5.73 Å².